The molecule has 2 heterocycles. The molecule has 2 aliphatic heterocycles. The van der Waals surface area contributed by atoms with Gasteiger partial charge in [-0.25, -0.2) is 0 Å². The van der Waals surface area contributed by atoms with E-state index in [-0.39, 0.29) is 11.3 Å². The summed E-state index contributed by atoms with van der Waals surface area (Å²) in [5.41, 5.74) is 4.53. The zero-order valence-electron chi connectivity index (χ0n) is 15.9. The highest BCUT2D eigenvalue weighted by Gasteiger charge is 2.47. The second kappa shape index (κ2) is 6.38. The lowest BCUT2D eigenvalue weighted by Crippen LogP contribution is -2.36. The highest BCUT2D eigenvalue weighted by Crippen LogP contribution is 2.47. The number of likely N-dealkylation sites (N-methyl/N-ethyl adjacent to an activating group) is 1. The number of nitrogens with one attached hydrogen (secondary N) is 1. The van der Waals surface area contributed by atoms with Crippen molar-refractivity contribution in [1.82, 2.24) is 4.90 Å². The van der Waals surface area contributed by atoms with Gasteiger partial charge in [0.2, 0.25) is 0 Å². The first kappa shape index (κ1) is 16.8. The molecule has 1 aliphatic carbocycles. The van der Waals surface area contributed by atoms with Gasteiger partial charge in [0.1, 0.15) is 0 Å². The Bertz CT molecular complexity index is 861. The molecule has 2 fully saturated rings. The predicted octanol–water partition coefficient (Wildman–Crippen LogP) is 3.74. The Morgan fingerprint density at radius 1 is 1.15 bits per heavy atom. The van der Waals surface area contributed by atoms with Crippen molar-refractivity contribution in [1.29, 1.82) is 0 Å². The molecule has 1 amide bonds. The van der Waals surface area contributed by atoms with Gasteiger partial charge in [-0.1, -0.05) is 18.2 Å². The Morgan fingerprint density at radius 3 is 2.67 bits per heavy atom. The van der Waals surface area contributed by atoms with E-state index in [1.165, 1.54) is 37.1 Å². The van der Waals surface area contributed by atoms with E-state index in [4.69, 9.17) is 0 Å². The fourth-order valence-electron chi connectivity index (χ4n) is 4.84. The third-order valence-corrected chi connectivity index (χ3v) is 6.42. The number of carbonyl (C=O) groups is 1. The van der Waals surface area contributed by atoms with Crippen LogP contribution in [0.4, 0.5) is 11.4 Å². The minimum Gasteiger partial charge on any atom is -0.370 e. The van der Waals surface area contributed by atoms with Gasteiger partial charge in [0, 0.05) is 42.0 Å². The Labute approximate surface area is 161 Å². The Kier molecular flexibility index (Phi) is 3.97. The number of amides is 1. The Morgan fingerprint density at radius 2 is 1.96 bits per heavy atom. The third kappa shape index (κ3) is 3.12. The van der Waals surface area contributed by atoms with Crippen LogP contribution in [-0.4, -0.2) is 44.0 Å². The summed E-state index contributed by atoms with van der Waals surface area (Å²) in [6.07, 6.45) is 3.92. The molecule has 4 heteroatoms. The normalized spacial score (nSPS) is 24.4. The van der Waals surface area contributed by atoms with Gasteiger partial charge in [-0.15, -0.1) is 0 Å². The fraction of sp³-hybridized carbons (Fsp3) is 0.435. The van der Waals surface area contributed by atoms with Gasteiger partial charge in [0.25, 0.3) is 5.91 Å². The van der Waals surface area contributed by atoms with E-state index in [1.54, 1.807) is 0 Å². The van der Waals surface area contributed by atoms with Gasteiger partial charge >= 0.3 is 0 Å². The molecular formula is C23H27N3O. The number of carbonyl (C=O) groups excluding carboxylic acids is 1. The van der Waals surface area contributed by atoms with Crippen molar-refractivity contribution in [3.63, 3.8) is 0 Å². The first-order valence-corrected chi connectivity index (χ1v) is 10.1. The Hall–Kier alpha value is -2.33. The maximum atomic E-state index is 12.8. The minimum absolute atomic E-state index is 0.0221. The minimum atomic E-state index is -0.0221. The molecule has 140 valence electrons. The molecule has 2 aromatic rings. The second-order valence-electron chi connectivity index (χ2n) is 8.64. The highest BCUT2D eigenvalue weighted by atomic mass is 16.1. The van der Waals surface area contributed by atoms with Crippen LogP contribution < -0.4 is 10.2 Å². The summed E-state index contributed by atoms with van der Waals surface area (Å²) in [4.78, 5) is 17.8. The van der Waals surface area contributed by atoms with E-state index in [0.29, 0.717) is 0 Å². The average molecular weight is 361 g/mol. The number of hydrogen-bond acceptors (Lipinski definition) is 3. The van der Waals surface area contributed by atoms with Crippen LogP contribution in [0.1, 0.15) is 35.2 Å². The van der Waals surface area contributed by atoms with Gasteiger partial charge in [-0.3, -0.25) is 4.79 Å². The summed E-state index contributed by atoms with van der Waals surface area (Å²) in [6.45, 7) is 4.50. The lowest BCUT2D eigenvalue weighted by molar-refractivity contribution is 0.102. The molecule has 4 nitrogen and oxygen atoms in total. The molecule has 1 unspecified atom stereocenters. The predicted molar refractivity (Wildman–Crippen MR) is 110 cm³/mol. The van der Waals surface area contributed by atoms with Crippen LogP contribution in [0.5, 0.6) is 0 Å². The lowest BCUT2D eigenvalue weighted by atomic mass is 9.81. The molecular weight excluding hydrogens is 334 g/mol. The van der Waals surface area contributed by atoms with Crippen molar-refractivity contribution in [2.45, 2.75) is 24.7 Å². The largest absolute Gasteiger partial charge is 0.370 e. The van der Waals surface area contributed by atoms with Crippen molar-refractivity contribution in [3.05, 3.63) is 59.7 Å². The van der Waals surface area contributed by atoms with E-state index >= 15 is 0 Å². The molecule has 5 rings (SSSR count). The molecule has 3 aliphatic rings. The van der Waals surface area contributed by atoms with Gasteiger partial charge in [0.05, 0.1) is 0 Å². The molecule has 1 atom stereocenters. The molecule has 1 saturated carbocycles. The second-order valence-corrected chi connectivity index (χ2v) is 8.64. The van der Waals surface area contributed by atoms with E-state index in [1.807, 2.05) is 36.4 Å². The van der Waals surface area contributed by atoms with E-state index in [9.17, 15) is 4.79 Å². The molecule has 1 N–H and O–H groups in total. The van der Waals surface area contributed by atoms with Crippen molar-refractivity contribution in [2.24, 2.45) is 5.92 Å². The number of hydrogen-bond donors (Lipinski definition) is 1. The number of nitrogens with zero attached hydrogens (tertiary/aromatic N) is 2. The molecule has 0 radical (unpaired) electrons. The van der Waals surface area contributed by atoms with Crippen LogP contribution in [-0.2, 0) is 5.41 Å². The quantitative estimate of drug-likeness (QED) is 0.901. The first-order valence-electron chi connectivity index (χ1n) is 10.1. The smallest absolute Gasteiger partial charge is 0.255 e. The van der Waals surface area contributed by atoms with Crippen LogP contribution in [0.15, 0.2) is 48.5 Å². The monoisotopic (exact) mass is 361 g/mol. The number of likely N-dealkylation sites (tertiary alicyclic amines) is 1. The van der Waals surface area contributed by atoms with Gasteiger partial charge in [-0.05, 0) is 74.7 Å². The van der Waals surface area contributed by atoms with E-state index in [2.05, 4.69) is 34.3 Å². The summed E-state index contributed by atoms with van der Waals surface area (Å²) < 4.78 is 0. The zero-order chi connectivity index (χ0) is 18.4. The highest BCUT2D eigenvalue weighted by molar-refractivity contribution is 6.04. The maximum absolute atomic E-state index is 12.8. The number of rotatable bonds is 4. The average Bonchev–Trinajstić information content (AvgIpc) is 3.35. The zero-order valence-corrected chi connectivity index (χ0v) is 15.9. The lowest BCUT2D eigenvalue weighted by Gasteiger charge is -2.26. The summed E-state index contributed by atoms with van der Waals surface area (Å²) >= 11 is 0. The van der Waals surface area contributed by atoms with Crippen LogP contribution in [0.25, 0.3) is 0 Å². The SMILES string of the molecule is CN1CCC2(C1)CN(CC1CC1)c1ccc(C(=O)Nc3ccccc3)cc12. The van der Waals surface area contributed by atoms with Gasteiger partial charge in [0.15, 0.2) is 0 Å². The van der Waals surface area contributed by atoms with E-state index in [0.717, 1.165) is 36.8 Å². The number of para-hydroxylation sites is 1. The number of fused-ring (bicyclic) bond motifs is 2. The molecule has 0 bridgehead atoms. The first-order chi connectivity index (χ1) is 13.1. The summed E-state index contributed by atoms with van der Waals surface area (Å²) in [6, 6.07) is 16.0. The number of anilines is 2. The van der Waals surface area contributed by atoms with E-state index < -0.39 is 0 Å². The van der Waals surface area contributed by atoms with Gasteiger partial charge in [-0.2, -0.15) is 0 Å². The van der Waals surface area contributed by atoms with Crippen molar-refractivity contribution in [3.8, 4) is 0 Å². The Balaban J connectivity index is 1.46. The fourth-order valence-corrected chi connectivity index (χ4v) is 4.84. The van der Waals surface area contributed by atoms with Gasteiger partial charge < -0.3 is 15.1 Å². The number of benzene rings is 2. The van der Waals surface area contributed by atoms with Crippen molar-refractivity contribution in [2.75, 3.05) is 43.4 Å². The third-order valence-electron chi connectivity index (χ3n) is 6.42. The van der Waals surface area contributed by atoms with Crippen LogP contribution in [0.3, 0.4) is 0 Å². The molecule has 1 saturated heterocycles. The topological polar surface area (TPSA) is 35.6 Å². The summed E-state index contributed by atoms with van der Waals surface area (Å²) in [5.74, 6) is 0.847. The standard InChI is InChI=1S/C23H27N3O/c1-25-12-11-23(15-25)16-26(14-17-7-8-17)21-10-9-18(13-20(21)23)22(27)24-19-5-3-2-4-6-19/h2-6,9-10,13,17H,7-8,11-12,14-16H2,1H3,(H,24,27). The van der Waals surface area contributed by atoms with Crippen LogP contribution in [0, 0.1) is 5.92 Å². The van der Waals surface area contributed by atoms with Crippen molar-refractivity contribution < 1.29 is 4.79 Å². The maximum Gasteiger partial charge on any atom is 0.255 e. The molecule has 27 heavy (non-hydrogen) atoms. The summed E-state index contributed by atoms with van der Waals surface area (Å²) in [7, 11) is 2.21. The van der Waals surface area contributed by atoms with Crippen LogP contribution >= 0.6 is 0 Å². The van der Waals surface area contributed by atoms with Crippen molar-refractivity contribution >= 4 is 17.3 Å². The van der Waals surface area contributed by atoms with Crippen LogP contribution in [0.2, 0.25) is 0 Å². The summed E-state index contributed by atoms with van der Waals surface area (Å²) in [5, 5.41) is 3.03. The molecule has 2 aromatic carbocycles. The molecule has 0 aromatic heterocycles. The molecule has 1 spiro atoms.